The van der Waals surface area contributed by atoms with E-state index in [9.17, 15) is 82.4 Å². The fourth-order valence-electron chi connectivity index (χ4n) is 15.5. The maximum absolute atomic E-state index is 15.6. The predicted molar refractivity (Wildman–Crippen MR) is 514 cm³/mol. The van der Waals surface area contributed by atoms with Gasteiger partial charge in [0.1, 0.15) is 65.2 Å². The number of ketones is 5. The van der Waals surface area contributed by atoms with E-state index in [-0.39, 0.29) is 81.9 Å². The Kier molecular flexibility index (Phi) is 46.5. The van der Waals surface area contributed by atoms with Crippen LogP contribution in [0.4, 0.5) is 0 Å². The summed E-state index contributed by atoms with van der Waals surface area (Å²) in [6.45, 7) is 22.8. The highest BCUT2D eigenvalue weighted by Gasteiger charge is 2.44. The number of hydrogen-bond acceptors (Lipinski definition) is 25. The summed E-state index contributed by atoms with van der Waals surface area (Å²) in [5.74, 6) is -21.6. The summed E-state index contributed by atoms with van der Waals surface area (Å²) in [5.41, 5.74) is 12.9. The molecule has 14 amide bonds. The standard InChI is InChI=1S/C98H144N18O23/c1-53(2)45-66-52-102-70(39-41-77(99)121)83(127)81(125)57(7)104-89(133)75(50-65-51-101-69-34-28-27-33-68(65)69)109-90(134)73(49-64-35-37-67(119)38-36-64)108-88(132)71(40-42-78(122)123)111-95(139)98(16,114-92(136)74(48-63-31-25-24-26-32-63)110-93(137)79(61(11)117)112-91(135)72(46-54(3)4)107-62(12)118)44-30-23-21-19-17-18-20-22-29-43-97(15,113-87(66)131)94(138)106-60(10)86(130)105-59(9)85(129)103-56(6)80(124)82(126)58(8)115-116-96(13,14)76(120)47-55(5)84(100)128/h18,20,24-28,31-38,51,53-61,66,70-75,79,101-102,115-117,119H,17,19,21-23,29-30,39-50,52H2,1-16H3,(H2,99,121)(H2,100,128)(H,103,129)(H,104,133)(H,105,130)(H,106,138)(H,107,118)(H,108,132)(H,109,134)(H,110,137)(H,111,139)(H,112,135)(H,113,131)(H,114,136)(H,122,123)/b20-18+/t55-,56-,57?,58-,59?,60-,61+,66+,70-,71-,72-,73?,74-,75-,79-,97-,98+/m0/s1. The van der Waals surface area contributed by atoms with Gasteiger partial charge >= 0.3 is 5.97 Å². The average Bonchev–Trinajstić information content (AvgIpc) is 1.63. The number of aromatic nitrogens is 1. The zero-order valence-corrected chi connectivity index (χ0v) is 82.4. The van der Waals surface area contributed by atoms with Gasteiger partial charge in [-0.3, -0.25) is 95.9 Å². The number of benzene rings is 3. The fourth-order valence-corrected chi connectivity index (χ4v) is 15.5. The number of carbonyl (C=O) groups is 20. The molecule has 1 aliphatic rings. The lowest BCUT2D eigenvalue weighted by atomic mass is 9.89. The van der Waals surface area contributed by atoms with Crippen molar-refractivity contribution < 1.29 is 111 Å². The minimum atomic E-state index is -2.08. The topological polar surface area (TPSA) is 650 Å². The van der Waals surface area contributed by atoms with Crippen LogP contribution < -0.4 is 91.4 Å². The molecule has 0 saturated carbocycles. The number of phenolic OH excluding ortho intramolecular Hbond substituents is 1. The highest BCUT2D eigenvalue weighted by atomic mass is 16.4. The number of aliphatic carboxylic acids is 1. The molecular formula is C98H144N18O23. The second kappa shape index (κ2) is 55.5. The van der Waals surface area contributed by atoms with Gasteiger partial charge in [-0.15, -0.1) is 0 Å². The zero-order valence-electron chi connectivity index (χ0n) is 82.4. The quantitative estimate of drug-likeness (QED) is 0.0170. The van der Waals surface area contributed by atoms with Crippen molar-refractivity contribution in [2.45, 2.75) is 328 Å². The van der Waals surface area contributed by atoms with Crippen molar-refractivity contribution in [2.75, 3.05) is 6.54 Å². The molecule has 0 aliphatic carbocycles. The largest absolute Gasteiger partial charge is 0.508 e. The van der Waals surface area contributed by atoms with Crippen molar-refractivity contribution in [3.63, 3.8) is 0 Å². The zero-order chi connectivity index (χ0) is 104. The minimum Gasteiger partial charge on any atom is -0.508 e. The monoisotopic (exact) mass is 1940 g/mol. The van der Waals surface area contributed by atoms with E-state index in [4.69, 9.17) is 11.5 Å². The number of carboxylic acid groups (broad SMARTS) is 1. The van der Waals surface area contributed by atoms with Crippen molar-refractivity contribution in [1.29, 1.82) is 0 Å². The number of carboxylic acids is 1. The number of primary amides is 2. The maximum Gasteiger partial charge on any atom is 0.303 e. The van der Waals surface area contributed by atoms with Gasteiger partial charge in [0.25, 0.3) is 0 Å². The molecule has 0 spiro atoms. The first-order valence-electron chi connectivity index (χ1n) is 47.3. The van der Waals surface area contributed by atoms with E-state index < -0.39 is 257 Å². The number of phenols is 1. The second-order valence-electron chi connectivity index (χ2n) is 38.0. The Morgan fingerprint density at radius 1 is 0.554 bits per heavy atom. The number of hydrazine groups is 1. The molecule has 0 radical (unpaired) electrons. The van der Waals surface area contributed by atoms with Crippen LogP contribution in [-0.4, -0.2) is 240 Å². The van der Waals surface area contributed by atoms with Crippen LogP contribution in [0.1, 0.15) is 230 Å². The van der Waals surface area contributed by atoms with Crippen LogP contribution in [-0.2, 0) is 115 Å². The number of rotatable bonds is 40. The number of amides is 14. The highest BCUT2D eigenvalue weighted by Crippen LogP contribution is 2.26. The number of H-pyrrole nitrogens is 1. The molecule has 41 nitrogen and oxygen atoms in total. The first-order valence-corrected chi connectivity index (χ1v) is 47.3. The first-order chi connectivity index (χ1) is 65.1. The van der Waals surface area contributed by atoms with Crippen LogP contribution in [0.5, 0.6) is 5.75 Å². The molecule has 17 atom stereocenters. The normalized spacial score (nSPS) is 21.9. The van der Waals surface area contributed by atoms with E-state index in [1.807, 2.05) is 12.2 Å². The summed E-state index contributed by atoms with van der Waals surface area (Å²) < 4.78 is 0. The molecule has 3 unspecified atom stereocenters. The number of aromatic hydroxyl groups is 1. The number of aliphatic hydroxyl groups is 1. The van der Waals surface area contributed by atoms with Gasteiger partial charge in [0, 0.05) is 75.0 Å². The number of para-hydroxylation sites is 1. The molecule has 139 heavy (non-hydrogen) atoms. The molecule has 23 N–H and O–H groups in total. The number of hydrogen-bond donors (Lipinski definition) is 21. The number of nitrogens with one attached hydrogen (secondary N) is 16. The van der Waals surface area contributed by atoms with Crippen molar-refractivity contribution in [2.24, 2.45) is 35.1 Å². The summed E-state index contributed by atoms with van der Waals surface area (Å²) in [5, 5.41) is 66.8. The highest BCUT2D eigenvalue weighted by molar-refractivity contribution is 6.41. The Morgan fingerprint density at radius 3 is 1.73 bits per heavy atom. The molecule has 5 rings (SSSR count). The Balaban J connectivity index is 1.59. The third kappa shape index (κ3) is 38.4. The van der Waals surface area contributed by atoms with E-state index in [2.05, 4.69) is 85.0 Å². The Hall–Kier alpha value is -13.0. The molecule has 0 fully saturated rings. The van der Waals surface area contributed by atoms with Gasteiger partial charge < -0.3 is 101 Å². The van der Waals surface area contributed by atoms with Gasteiger partial charge in [0.05, 0.1) is 41.7 Å². The summed E-state index contributed by atoms with van der Waals surface area (Å²) in [6, 6.07) is 2.11. The summed E-state index contributed by atoms with van der Waals surface area (Å²) in [4.78, 5) is 284. The summed E-state index contributed by atoms with van der Waals surface area (Å²) in [6.07, 6.45) is 2.64. The smallest absolute Gasteiger partial charge is 0.303 e. The number of carbonyl (C=O) groups excluding carboxylic acids is 19. The lowest BCUT2D eigenvalue weighted by molar-refractivity contribution is -0.140. The van der Waals surface area contributed by atoms with Gasteiger partial charge in [0.15, 0.2) is 5.78 Å². The molecule has 2 heterocycles. The number of nitrogens with two attached hydrogens (primary N) is 2. The number of aromatic amines is 1. The molecule has 1 aliphatic heterocycles. The van der Waals surface area contributed by atoms with Gasteiger partial charge in [-0.05, 0) is 180 Å². The molecule has 4 aromatic rings. The minimum absolute atomic E-state index is 0.0813. The fraction of sp³-hybridized carbons (Fsp3) is 0.571. The Morgan fingerprint density at radius 2 is 1.13 bits per heavy atom. The maximum atomic E-state index is 15.6. The van der Waals surface area contributed by atoms with Gasteiger partial charge in [-0.2, -0.15) is 0 Å². The molecule has 3 aromatic carbocycles. The van der Waals surface area contributed by atoms with E-state index in [1.165, 1.54) is 107 Å². The first kappa shape index (κ1) is 116. The SMILES string of the molecule is CC(=O)N[C@@H](CC(C)C)C(=O)N[C@H](C(=O)N[C@@H](Cc1ccccc1)C(=O)N[C@]1(C)CCCCCC/C=C/CCC[C@@](C)(C(=O)N[C@@H](C)C(=O)NC(C)C(=O)N[C@@H](C)C(=O)C(=O)[C@H](C)NNC(C)(C)C(=O)C[C@H](C)C(N)=O)NC(=O)[C@H](CC(C)C)CN[C@@H](CCC(N)=O)C(=O)C(=O)C(C)NC(=O)[C@H](Cc2c[nH]c3ccccc23)NC(=O)C(Cc2ccc(O)cc2)NC(=O)[C@H](CCC(=O)O)NC1=O)[C@@H](C)O. The molecule has 764 valence electrons. The number of aliphatic hydroxyl groups excluding tert-OH is 1. The van der Waals surface area contributed by atoms with E-state index in [0.717, 1.165) is 0 Å². The van der Waals surface area contributed by atoms with Crippen LogP contribution in [0.25, 0.3) is 10.9 Å². The van der Waals surface area contributed by atoms with Gasteiger partial charge in [-0.25, -0.2) is 10.9 Å². The van der Waals surface area contributed by atoms with Crippen LogP contribution in [0.15, 0.2) is 97.2 Å². The average molecular weight is 1940 g/mol. The second-order valence-corrected chi connectivity index (χ2v) is 38.0. The number of allylic oxidation sites excluding steroid dienone is 2. The lowest BCUT2D eigenvalue weighted by Gasteiger charge is -2.34. The van der Waals surface area contributed by atoms with Crippen LogP contribution in [0.3, 0.4) is 0 Å². The van der Waals surface area contributed by atoms with Crippen molar-refractivity contribution in [3.05, 3.63) is 114 Å². The van der Waals surface area contributed by atoms with Crippen LogP contribution in [0.2, 0.25) is 0 Å². The molecule has 1 aromatic heterocycles. The molecule has 41 heteroatoms. The van der Waals surface area contributed by atoms with E-state index in [1.54, 1.807) is 88.5 Å². The van der Waals surface area contributed by atoms with Crippen molar-refractivity contribution in [1.82, 2.24) is 85.0 Å². The predicted octanol–water partition coefficient (Wildman–Crippen LogP) is 1.48. The molecule has 0 bridgehead atoms. The molecule has 0 saturated heterocycles. The number of fused-ring (bicyclic) bond motifs is 1. The summed E-state index contributed by atoms with van der Waals surface area (Å²) in [7, 11) is 0. The van der Waals surface area contributed by atoms with Crippen molar-refractivity contribution >= 4 is 128 Å². The number of Topliss-reactive ketones (excluding diaryl/α,β-unsaturated/α-hetero) is 5. The third-order valence-corrected chi connectivity index (χ3v) is 24.1. The Labute approximate surface area is 810 Å². The van der Waals surface area contributed by atoms with Gasteiger partial charge in [-0.1, -0.05) is 127 Å². The van der Waals surface area contributed by atoms with Crippen molar-refractivity contribution in [3.8, 4) is 5.75 Å². The van der Waals surface area contributed by atoms with E-state index >= 15 is 28.8 Å². The molecular weight excluding hydrogens is 1800 g/mol. The van der Waals surface area contributed by atoms with Crippen LogP contribution >= 0.6 is 0 Å². The third-order valence-electron chi connectivity index (χ3n) is 24.1. The lowest BCUT2D eigenvalue weighted by Crippen LogP contribution is -2.65. The summed E-state index contributed by atoms with van der Waals surface area (Å²) >= 11 is 0. The van der Waals surface area contributed by atoms with Crippen LogP contribution in [0, 0.1) is 23.7 Å². The Bertz CT molecular complexity index is 5020. The van der Waals surface area contributed by atoms with Gasteiger partial charge in [0.2, 0.25) is 106 Å². The van der Waals surface area contributed by atoms with E-state index in [0.29, 0.717) is 59.7 Å².